The first-order chi connectivity index (χ1) is 10.2. The van der Waals surface area contributed by atoms with Gasteiger partial charge >= 0.3 is 0 Å². The maximum atomic E-state index is 11.1. The molecule has 1 saturated heterocycles. The maximum Gasteiger partial charge on any atom is 0.217 e. The average molecular weight is 291 g/mol. The summed E-state index contributed by atoms with van der Waals surface area (Å²) in [6, 6.07) is 2.42. The van der Waals surface area contributed by atoms with Crippen LogP contribution in [0, 0.1) is 0 Å². The Kier molecular flexibility index (Phi) is 4.58. The van der Waals surface area contributed by atoms with Gasteiger partial charge in [-0.1, -0.05) is 24.4 Å². The zero-order valence-electron chi connectivity index (χ0n) is 12.8. The number of aromatic nitrogens is 1. The van der Waals surface area contributed by atoms with E-state index in [0.29, 0.717) is 5.92 Å². The standard InChI is InChI=1S/C16H25N3O2/c1-12(20)17-14-7-8-19(10-14)11-15-9-16(18-21-15)13-5-3-2-4-6-13/h9,13-14H,2-8,10-11H2,1H3,(H,17,20). The highest BCUT2D eigenvalue weighted by atomic mass is 16.5. The third-order valence-corrected chi connectivity index (χ3v) is 4.66. The second-order valence-electron chi connectivity index (χ2n) is 6.47. The van der Waals surface area contributed by atoms with E-state index in [1.807, 2.05) is 0 Å². The molecule has 5 nitrogen and oxygen atoms in total. The van der Waals surface area contributed by atoms with Gasteiger partial charge in [-0.15, -0.1) is 0 Å². The quantitative estimate of drug-likeness (QED) is 0.925. The van der Waals surface area contributed by atoms with E-state index in [1.165, 1.54) is 32.1 Å². The molecule has 2 heterocycles. The van der Waals surface area contributed by atoms with E-state index in [-0.39, 0.29) is 11.9 Å². The number of likely N-dealkylation sites (tertiary alicyclic amines) is 1. The topological polar surface area (TPSA) is 58.4 Å². The first-order valence-corrected chi connectivity index (χ1v) is 8.15. The summed E-state index contributed by atoms with van der Waals surface area (Å²) in [7, 11) is 0. The highest BCUT2D eigenvalue weighted by molar-refractivity contribution is 5.73. The van der Waals surface area contributed by atoms with Crippen molar-refractivity contribution >= 4 is 5.91 Å². The number of carbonyl (C=O) groups is 1. The van der Waals surface area contributed by atoms with Crippen molar-refractivity contribution in [2.75, 3.05) is 13.1 Å². The van der Waals surface area contributed by atoms with Crippen LogP contribution >= 0.6 is 0 Å². The summed E-state index contributed by atoms with van der Waals surface area (Å²) in [5, 5.41) is 7.27. The van der Waals surface area contributed by atoms with Crippen LogP contribution in [0.2, 0.25) is 0 Å². The molecule has 2 aliphatic rings. The molecular formula is C16H25N3O2. The molecule has 1 atom stereocenters. The molecule has 1 aromatic rings. The molecule has 1 N–H and O–H groups in total. The third kappa shape index (κ3) is 3.84. The van der Waals surface area contributed by atoms with Crippen molar-refractivity contribution in [3.63, 3.8) is 0 Å². The number of hydrogen-bond donors (Lipinski definition) is 1. The molecule has 2 fully saturated rings. The largest absolute Gasteiger partial charge is 0.360 e. The van der Waals surface area contributed by atoms with E-state index < -0.39 is 0 Å². The van der Waals surface area contributed by atoms with Gasteiger partial charge in [0, 0.05) is 38.0 Å². The highest BCUT2D eigenvalue weighted by Crippen LogP contribution is 2.32. The minimum Gasteiger partial charge on any atom is -0.360 e. The van der Waals surface area contributed by atoms with Crippen molar-refractivity contribution in [1.29, 1.82) is 0 Å². The van der Waals surface area contributed by atoms with Crippen LogP contribution < -0.4 is 5.32 Å². The van der Waals surface area contributed by atoms with Gasteiger partial charge in [0.15, 0.2) is 5.76 Å². The molecule has 3 rings (SSSR count). The van der Waals surface area contributed by atoms with Gasteiger partial charge in [-0.3, -0.25) is 9.69 Å². The Hall–Kier alpha value is -1.36. The summed E-state index contributed by atoms with van der Waals surface area (Å²) in [6.07, 6.45) is 7.51. The minimum absolute atomic E-state index is 0.0566. The lowest BCUT2D eigenvalue weighted by molar-refractivity contribution is -0.119. The van der Waals surface area contributed by atoms with Gasteiger partial charge in [-0.25, -0.2) is 0 Å². The van der Waals surface area contributed by atoms with Crippen LogP contribution in [0.5, 0.6) is 0 Å². The highest BCUT2D eigenvalue weighted by Gasteiger charge is 2.25. The fourth-order valence-corrected chi connectivity index (χ4v) is 3.60. The Labute approximate surface area is 126 Å². The molecule has 1 unspecified atom stereocenters. The number of carbonyl (C=O) groups excluding carboxylic acids is 1. The Balaban J connectivity index is 1.52. The monoisotopic (exact) mass is 291 g/mol. The predicted octanol–water partition coefficient (Wildman–Crippen LogP) is 2.43. The van der Waals surface area contributed by atoms with Gasteiger partial charge in [-0.05, 0) is 19.3 Å². The molecule has 116 valence electrons. The summed E-state index contributed by atoms with van der Waals surface area (Å²) in [6.45, 7) is 4.29. The summed E-state index contributed by atoms with van der Waals surface area (Å²) in [4.78, 5) is 13.4. The maximum absolute atomic E-state index is 11.1. The Morgan fingerprint density at radius 1 is 1.38 bits per heavy atom. The molecule has 0 radical (unpaired) electrons. The van der Waals surface area contributed by atoms with Crippen molar-refractivity contribution < 1.29 is 9.32 Å². The molecule has 1 aliphatic carbocycles. The molecule has 0 spiro atoms. The molecule has 5 heteroatoms. The summed E-state index contributed by atoms with van der Waals surface area (Å²) in [5.74, 6) is 1.61. The van der Waals surface area contributed by atoms with Gasteiger partial charge in [-0.2, -0.15) is 0 Å². The van der Waals surface area contributed by atoms with E-state index in [4.69, 9.17) is 4.52 Å². The molecule has 0 aromatic carbocycles. The number of nitrogens with one attached hydrogen (secondary N) is 1. The lowest BCUT2D eigenvalue weighted by atomic mass is 9.87. The molecule has 1 amide bonds. The first kappa shape index (κ1) is 14.6. The van der Waals surface area contributed by atoms with E-state index in [1.54, 1.807) is 6.92 Å². The van der Waals surface area contributed by atoms with E-state index in [0.717, 1.165) is 37.5 Å². The van der Waals surface area contributed by atoms with Gasteiger partial charge < -0.3 is 9.84 Å². The molecule has 1 aromatic heterocycles. The van der Waals surface area contributed by atoms with Crippen LogP contribution in [0.3, 0.4) is 0 Å². The van der Waals surface area contributed by atoms with Gasteiger partial charge in [0.2, 0.25) is 5.91 Å². The molecular weight excluding hydrogens is 266 g/mol. The van der Waals surface area contributed by atoms with Crippen LogP contribution in [0.4, 0.5) is 0 Å². The van der Waals surface area contributed by atoms with Crippen molar-refractivity contribution in [1.82, 2.24) is 15.4 Å². The van der Waals surface area contributed by atoms with Crippen LogP contribution in [0.1, 0.15) is 62.8 Å². The molecule has 1 saturated carbocycles. The van der Waals surface area contributed by atoms with Crippen molar-refractivity contribution in [2.24, 2.45) is 0 Å². The Morgan fingerprint density at radius 3 is 2.95 bits per heavy atom. The minimum atomic E-state index is 0.0566. The lowest BCUT2D eigenvalue weighted by Gasteiger charge is -2.18. The number of hydrogen-bond acceptors (Lipinski definition) is 4. The second kappa shape index (κ2) is 6.60. The van der Waals surface area contributed by atoms with E-state index in [2.05, 4.69) is 21.4 Å². The molecule has 0 bridgehead atoms. The van der Waals surface area contributed by atoms with Gasteiger partial charge in [0.25, 0.3) is 0 Å². The van der Waals surface area contributed by atoms with E-state index in [9.17, 15) is 4.79 Å². The van der Waals surface area contributed by atoms with Crippen molar-refractivity contribution in [2.45, 2.75) is 64.0 Å². The number of rotatable bonds is 4. The second-order valence-corrected chi connectivity index (χ2v) is 6.47. The van der Waals surface area contributed by atoms with Crippen molar-refractivity contribution in [3.8, 4) is 0 Å². The smallest absolute Gasteiger partial charge is 0.217 e. The SMILES string of the molecule is CC(=O)NC1CCN(Cc2cc(C3CCCCC3)no2)C1. The lowest BCUT2D eigenvalue weighted by Crippen LogP contribution is -2.35. The Bertz CT molecular complexity index is 480. The Morgan fingerprint density at radius 2 is 2.19 bits per heavy atom. The zero-order chi connectivity index (χ0) is 14.7. The van der Waals surface area contributed by atoms with Crippen molar-refractivity contribution in [3.05, 3.63) is 17.5 Å². The van der Waals surface area contributed by atoms with Crippen LogP contribution in [-0.2, 0) is 11.3 Å². The number of amides is 1. The number of nitrogens with zero attached hydrogens (tertiary/aromatic N) is 2. The summed E-state index contributed by atoms with van der Waals surface area (Å²) in [5.41, 5.74) is 1.14. The van der Waals surface area contributed by atoms with Gasteiger partial charge in [0.05, 0.1) is 12.2 Å². The van der Waals surface area contributed by atoms with Crippen LogP contribution in [-0.4, -0.2) is 35.1 Å². The fraction of sp³-hybridized carbons (Fsp3) is 0.750. The fourth-order valence-electron chi connectivity index (χ4n) is 3.60. The van der Waals surface area contributed by atoms with E-state index >= 15 is 0 Å². The van der Waals surface area contributed by atoms with Crippen LogP contribution in [0.25, 0.3) is 0 Å². The normalized spacial score (nSPS) is 24.3. The average Bonchev–Trinajstić information content (AvgIpc) is 3.09. The predicted molar refractivity (Wildman–Crippen MR) is 79.8 cm³/mol. The molecule has 21 heavy (non-hydrogen) atoms. The summed E-state index contributed by atoms with van der Waals surface area (Å²) >= 11 is 0. The summed E-state index contributed by atoms with van der Waals surface area (Å²) < 4.78 is 5.52. The van der Waals surface area contributed by atoms with Gasteiger partial charge in [0.1, 0.15) is 0 Å². The van der Waals surface area contributed by atoms with Crippen LogP contribution in [0.15, 0.2) is 10.6 Å². The first-order valence-electron chi connectivity index (χ1n) is 8.15. The zero-order valence-corrected chi connectivity index (χ0v) is 12.8. The third-order valence-electron chi connectivity index (χ3n) is 4.66. The molecule has 1 aliphatic heterocycles.